The van der Waals surface area contributed by atoms with Gasteiger partial charge in [0.05, 0.1) is 0 Å². The first-order valence-electron chi connectivity index (χ1n) is 2.13. The Labute approximate surface area is 87.0 Å². The van der Waals surface area contributed by atoms with Crippen LogP contribution in [0.15, 0.2) is 30.3 Å². The summed E-state index contributed by atoms with van der Waals surface area (Å²) in [5.41, 5.74) is 0. The van der Waals surface area contributed by atoms with Gasteiger partial charge in [0.25, 0.3) is 0 Å². The Bertz CT molecular complexity index is 148. The maximum Gasteiger partial charge on any atom is 3.00 e. The fraction of sp³-hybridized carbons (Fsp3) is 0. The molecular weight excluding hydrogens is 205 g/mol. The van der Waals surface area contributed by atoms with Crippen molar-refractivity contribution >= 4 is 8.41 Å². The third-order valence-electron chi connectivity index (χ3n) is 0.756. The largest absolute Gasteiger partial charge is 3.00 e. The molecular formula is C6H6BCl3O. The van der Waals surface area contributed by atoms with Crippen molar-refractivity contribution in [2.24, 2.45) is 0 Å². The van der Waals surface area contributed by atoms with Gasteiger partial charge in [-0.1, -0.05) is 18.2 Å². The predicted octanol–water partition coefficient (Wildman–Crippen LogP) is -7.98. The number of benzene rings is 1. The van der Waals surface area contributed by atoms with Crippen LogP contribution in [0.1, 0.15) is 0 Å². The van der Waals surface area contributed by atoms with E-state index in [2.05, 4.69) is 0 Å². The van der Waals surface area contributed by atoms with E-state index in [-0.39, 0.29) is 45.6 Å². The number of aromatic hydroxyl groups is 1. The summed E-state index contributed by atoms with van der Waals surface area (Å²) in [7, 11) is 0. The fourth-order valence-electron chi connectivity index (χ4n) is 0.428. The molecule has 0 aliphatic heterocycles. The zero-order valence-corrected chi connectivity index (χ0v) is 7.81. The molecule has 1 rings (SSSR count). The van der Waals surface area contributed by atoms with E-state index in [4.69, 9.17) is 5.11 Å². The second kappa shape index (κ2) is 12.6. The molecule has 0 aromatic heterocycles. The van der Waals surface area contributed by atoms with Crippen LogP contribution < -0.4 is 37.2 Å². The average molecular weight is 211 g/mol. The Morgan fingerprint density at radius 1 is 0.818 bits per heavy atom. The molecule has 11 heavy (non-hydrogen) atoms. The van der Waals surface area contributed by atoms with Crippen molar-refractivity contribution < 1.29 is 42.3 Å². The van der Waals surface area contributed by atoms with Gasteiger partial charge in [0.2, 0.25) is 0 Å². The van der Waals surface area contributed by atoms with E-state index >= 15 is 0 Å². The third-order valence-corrected chi connectivity index (χ3v) is 0.756. The van der Waals surface area contributed by atoms with Gasteiger partial charge < -0.3 is 42.3 Å². The van der Waals surface area contributed by atoms with Crippen molar-refractivity contribution in [3.63, 3.8) is 0 Å². The smallest absolute Gasteiger partial charge is 1.00 e. The third kappa shape index (κ3) is 9.95. The molecule has 0 saturated heterocycles. The van der Waals surface area contributed by atoms with Crippen molar-refractivity contribution in [2.75, 3.05) is 0 Å². The van der Waals surface area contributed by atoms with Crippen LogP contribution in [0.4, 0.5) is 0 Å². The van der Waals surface area contributed by atoms with E-state index in [1.807, 2.05) is 6.07 Å². The molecule has 0 bridgehead atoms. The van der Waals surface area contributed by atoms with Gasteiger partial charge in [0.15, 0.2) is 0 Å². The number of phenolic OH excluding ortho intramolecular Hbond substituents is 1. The minimum Gasteiger partial charge on any atom is -1.00 e. The van der Waals surface area contributed by atoms with Crippen molar-refractivity contribution in [3.05, 3.63) is 30.3 Å². The van der Waals surface area contributed by atoms with Crippen LogP contribution in [0.3, 0.4) is 0 Å². The molecule has 0 saturated carbocycles. The summed E-state index contributed by atoms with van der Waals surface area (Å²) >= 11 is 0. The Balaban J connectivity index is -0.0000000612. The van der Waals surface area contributed by atoms with Crippen LogP contribution in [0.5, 0.6) is 5.75 Å². The van der Waals surface area contributed by atoms with Gasteiger partial charge in [0.1, 0.15) is 5.75 Å². The fourth-order valence-corrected chi connectivity index (χ4v) is 0.428. The zero-order chi connectivity index (χ0) is 5.11. The summed E-state index contributed by atoms with van der Waals surface area (Å²) in [6.45, 7) is 0. The van der Waals surface area contributed by atoms with Crippen molar-refractivity contribution in [2.45, 2.75) is 0 Å². The topological polar surface area (TPSA) is 20.2 Å². The molecule has 0 heterocycles. The summed E-state index contributed by atoms with van der Waals surface area (Å²) < 4.78 is 0. The SMILES string of the molecule is Oc1ccccc1.[B+3].[Cl-].[Cl-].[Cl-]. The molecule has 0 amide bonds. The minimum absolute atomic E-state index is 0. The van der Waals surface area contributed by atoms with Crippen LogP contribution in [0, 0.1) is 0 Å². The summed E-state index contributed by atoms with van der Waals surface area (Å²) in [5.74, 6) is 0.322. The number of para-hydroxylation sites is 1. The van der Waals surface area contributed by atoms with Crippen LogP contribution in [0.2, 0.25) is 0 Å². The molecule has 1 aromatic carbocycles. The van der Waals surface area contributed by atoms with Crippen LogP contribution in [-0.2, 0) is 0 Å². The van der Waals surface area contributed by atoms with Gasteiger partial charge in [-0.2, -0.15) is 0 Å². The second-order valence-electron chi connectivity index (χ2n) is 1.34. The van der Waals surface area contributed by atoms with Gasteiger partial charge in [-0.25, -0.2) is 0 Å². The molecule has 0 unspecified atom stereocenters. The first-order valence-corrected chi connectivity index (χ1v) is 2.13. The minimum atomic E-state index is 0. The molecule has 5 heteroatoms. The van der Waals surface area contributed by atoms with E-state index in [1.165, 1.54) is 0 Å². The first-order chi connectivity index (χ1) is 3.39. The van der Waals surface area contributed by atoms with E-state index < -0.39 is 0 Å². The first kappa shape index (κ1) is 22.4. The molecule has 0 aliphatic carbocycles. The number of halogens is 3. The summed E-state index contributed by atoms with van der Waals surface area (Å²) in [6, 6.07) is 8.71. The number of hydrogen-bond acceptors (Lipinski definition) is 1. The number of hydrogen-bond donors (Lipinski definition) is 1. The van der Waals surface area contributed by atoms with Crippen molar-refractivity contribution in [1.82, 2.24) is 0 Å². The van der Waals surface area contributed by atoms with Gasteiger partial charge in [-0.3, -0.25) is 0 Å². The standard InChI is InChI=1S/C6H6O.B.3ClH/c7-6-4-2-1-3-5-6;;;;/h1-5,7H;;3*1H/q;+3;;;/p-3. The molecule has 0 spiro atoms. The zero-order valence-electron chi connectivity index (χ0n) is 5.55. The van der Waals surface area contributed by atoms with Gasteiger partial charge in [-0.05, 0) is 12.1 Å². The van der Waals surface area contributed by atoms with E-state index in [0.717, 1.165) is 0 Å². The maximum absolute atomic E-state index is 8.63. The Morgan fingerprint density at radius 3 is 1.36 bits per heavy atom. The summed E-state index contributed by atoms with van der Waals surface area (Å²) in [6.07, 6.45) is 0. The van der Waals surface area contributed by atoms with E-state index in [9.17, 15) is 0 Å². The number of phenols is 1. The van der Waals surface area contributed by atoms with Crippen LogP contribution >= 0.6 is 0 Å². The maximum atomic E-state index is 8.63. The average Bonchev–Trinajstić information content (AvgIpc) is 1.69. The summed E-state index contributed by atoms with van der Waals surface area (Å²) in [5, 5.41) is 8.63. The normalized spacial score (nSPS) is 5.45. The van der Waals surface area contributed by atoms with Gasteiger partial charge >= 0.3 is 8.41 Å². The van der Waals surface area contributed by atoms with Gasteiger partial charge in [-0.15, -0.1) is 0 Å². The number of rotatable bonds is 0. The molecule has 60 valence electrons. The molecule has 0 aliphatic rings. The van der Waals surface area contributed by atoms with Crippen LogP contribution in [-0.4, -0.2) is 13.5 Å². The molecule has 0 fully saturated rings. The Hall–Kier alpha value is -0.0451. The van der Waals surface area contributed by atoms with Crippen molar-refractivity contribution in [3.8, 4) is 5.75 Å². The Morgan fingerprint density at radius 2 is 1.18 bits per heavy atom. The molecule has 1 nitrogen and oxygen atoms in total. The Kier molecular flexibility index (Phi) is 25.7. The summed E-state index contributed by atoms with van der Waals surface area (Å²) in [4.78, 5) is 0. The van der Waals surface area contributed by atoms with E-state index in [1.54, 1.807) is 24.3 Å². The quantitative estimate of drug-likeness (QED) is 0.423. The molecule has 0 atom stereocenters. The molecule has 1 N–H and O–H groups in total. The molecule has 1 aromatic rings. The molecule has 0 radical (unpaired) electrons. The van der Waals surface area contributed by atoms with Gasteiger partial charge in [0, 0.05) is 0 Å². The van der Waals surface area contributed by atoms with Crippen LogP contribution in [0.25, 0.3) is 0 Å². The monoisotopic (exact) mass is 210 g/mol. The second-order valence-corrected chi connectivity index (χ2v) is 1.34. The predicted molar refractivity (Wildman–Crippen MR) is 33.9 cm³/mol. The van der Waals surface area contributed by atoms with Crippen molar-refractivity contribution in [1.29, 1.82) is 0 Å². The van der Waals surface area contributed by atoms with E-state index in [0.29, 0.717) is 5.75 Å².